The normalized spacial score (nSPS) is 12.6. The van der Waals surface area contributed by atoms with Crippen molar-refractivity contribution in [1.82, 2.24) is 10.2 Å². The molecule has 2 aromatic rings. The average Bonchev–Trinajstić information content (AvgIpc) is 2.84. The fourth-order valence-corrected chi connectivity index (χ4v) is 1.30. The smallest absolute Gasteiger partial charge is 0.330 e. The van der Waals surface area contributed by atoms with Gasteiger partial charge in [-0.2, -0.15) is 0 Å². The number of aromatic nitrogens is 2. The minimum atomic E-state index is -1.33. The maximum atomic E-state index is 10.6. The zero-order valence-corrected chi connectivity index (χ0v) is 9.34. The highest BCUT2D eigenvalue weighted by Gasteiger charge is 2.22. The van der Waals surface area contributed by atoms with Gasteiger partial charge >= 0.3 is 5.97 Å². The van der Waals surface area contributed by atoms with E-state index in [-0.39, 0.29) is 11.8 Å². The molecule has 84 valence electrons. The Balaban J connectivity index is 2.29. The Labute approximate surface area is 97.4 Å². The Morgan fingerprint density at radius 2 is 2.19 bits per heavy atom. The lowest BCUT2D eigenvalue weighted by Gasteiger charge is -1.97. The van der Waals surface area contributed by atoms with Crippen LogP contribution in [0.3, 0.4) is 0 Å². The number of aliphatic carboxylic acids is 1. The molecule has 1 atom stereocenters. The molecule has 0 saturated heterocycles. The average molecular weight is 288 g/mol. The van der Waals surface area contributed by atoms with Crippen molar-refractivity contribution in [2.24, 2.45) is 5.73 Å². The van der Waals surface area contributed by atoms with Crippen LogP contribution in [0.4, 0.5) is 0 Å². The quantitative estimate of drug-likeness (QED) is 0.870. The van der Waals surface area contributed by atoms with Crippen LogP contribution in [0.25, 0.3) is 11.7 Å². The van der Waals surface area contributed by atoms with Crippen molar-refractivity contribution in [2.75, 3.05) is 0 Å². The standard InChI is InChI=1S/C8H6BrN3O4/c9-4-2-1-3(15-4)6-11-12-7(16-6)5(10)8(13)14/h1-2,5H,10H2,(H,13,14). The molecule has 7 nitrogen and oxygen atoms in total. The van der Waals surface area contributed by atoms with Gasteiger partial charge < -0.3 is 19.7 Å². The second-order valence-corrected chi connectivity index (χ2v) is 3.65. The number of carboxylic acid groups (broad SMARTS) is 1. The minimum absolute atomic E-state index is 0.0809. The molecule has 2 aromatic heterocycles. The van der Waals surface area contributed by atoms with Crippen LogP contribution in [0, 0.1) is 0 Å². The van der Waals surface area contributed by atoms with E-state index in [1.807, 2.05) is 0 Å². The Morgan fingerprint density at radius 1 is 1.44 bits per heavy atom. The first kappa shape index (κ1) is 10.8. The number of hydrogen-bond donors (Lipinski definition) is 2. The number of carbonyl (C=O) groups is 1. The van der Waals surface area contributed by atoms with Crippen LogP contribution in [-0.2, 0) is 4.79 Å². The van der Waals surface area contributed by atoms with Gasteiger partial charge in [0.05, 0.1) is 0 Å². The number of furan rings is 1. The maximum Gasteiger partial charge on any atom is 0.330 e. The topological polar surface area (TPSA) is 115 Å². The minimum Gasteiger partial charge on any atom is -0.480 e. The molecule has 0 saturated carbocycles. The molecule has 1 unspecified atom stereocenters. The van der Waals surface area contributed by atoms with Crippen LogP contribution < -0.4 is 5.73 Å². The number of carboxylic acids is 1. The van der Waals surface area contributed by atoms with E-state index < -0.39 is 12.0 Å². The van der Waals surface area contributed by atoms with Crippen LogP contribution >= 0.6 is 15.9 Å². The molecule has 0 bridgehead atoms. The Hall–Kier alpha value is -1.67. The summed E-state index contributed by atoms with van der Waals surface area (Å²) in [7, 11) is 0. The molecular weight excluding hydrogens is 282 g/mol. The molecule has 0 radical (unpaired) electrons. The van der Waals surface area contributed by atoms with Gasteiger partial charge in [0.25, 0.3) is 5.89 Å². The summed E-state index contributed by atoms with van der Waals surface area (Å²) < 4.78 is 10.7. The van der Waals surface area contributed by atoms with Gasteiger partial charge in [0.15, 0.2) is 16.5 Å². The first-order valence-corrected chi connectivity index (χ1v) is 4.94. The van der Waals surface area contributed by atoms with E-state index in [9.17, 15) is 4.79 Å². The van der Waals surface area contributed by atoms with Crippen molar-refractivity contribution >= 4 is 21.9 Å². The summed E-state index contributed by atoms with van der Waals surface area (Å²) in [5, 5.41) is 15.8. The van der Waals surface area contributed by atoms with Gasteiger partial charge in [-0.25, -0.2) is 4.79 Å². The van der Waals surface area contributed by atoms with Crippen LogP contribution in [0.15, 0.2) is 25.6 Å². The summed E-state index contributed by atoms with van der Waals surface area (Å²) in [5.74, 6) is -0.994. The number of hydrogen-bond acceptors (Lipinski definition) is 6. The summed E-state index contributed by atoms with van der Waals surface area (Å²) in [5.41, 5.74) is 5.30. The third kappa shape index (κ3) is 1.97. The lowest BCUT2D eigenvalue weighted by Crippen LogP contribution is -2.20. The van der Waals surface area contributed by atoms with E-state index in [2.05, 4.69) is 26.1 Å². The number of halogens is 1. The molecular formula is C8H6BrN3O4. The van der Waals surface area contributed by atoms with E-state index in [1.54, 1.807) is 12.1 Å². The Bertz CT molecular complexity index is 521. The second kappa shape index (κ2) is 4.06. The van der Waals surface area contributed by atoms with Gasteiger partial charge in [-0.15, -0.1) is 10.2 Å². The molecule has 0 spiro atoms. The Morgan fingerprint density at radius 3 is 2.75 bits per heavy atom. The van der Waals surface area contributed by atoms with Crippen LogP contribution in [-0.4, -0.2) is 21.3 Å². The molecule has 0 aliphatic carbocycles. The van der Waals surface area contributed by atoms with E-state index in [1.165, 1.54) is 0 Å². The predicted molar refractivity (Wildman–Crippen MR) is 54.3 cm³/mol. The van der Waals surface area contributed by atoms with Crippen molar-refractivity contribution in [3.8, 4) is 11.7 Å². The van der Waals surface area contributed by atoms with Crippen molar-refractivity contribution < 1.29 is 18.7 Å². The number of rotatable bonds is 3. The van der Waals surface area contributed by atoms with Gasteiger partial charge in [0.2, 0.25) is 5.89 Å². The second-order valence-electron chi connectivity index (χ2n) is 2.87. The van der Waals surface area contributed by atoms with Crippen molar-refractivity contribution in [3.63, 3.8) is 0 Å². The summed E-state index contributed by atoms with van der Waals surface area (Å²) in [6.45, 7) is 0. The van der Waals surface area contributed by atoms with Gasteiger partial charge in [-0.05, 0) is 28.1 Å². The maximum absolute atomic E-state index is 10.6. The lowest BCUT2D eigenvalue weighted by molar-refractivity contribution is -0.139. The van der Waals surface area contributed by atoms with Gasteiger partial charge in [-0.3, -0.25) is 0 Å². The largest absolute Gasteiger partial charge is 0.480 e. The zero-order chi connectivity index (χ0) is 11.7. The highest BCUT2D eigenvalue weighted by atomic mass is 79.9. The number of nitrogens with two attached hydrogens (primary N) is 1. The molecule has 0 amide bonds. The highest BCUT2D eigenvalue weighted by Crippen LogP contribution is 2.24. The summed E-state index contributed by atoms with van der Waals surface area (Å²) in [6, 6.07) is 1.92. The summed E-state index contributed by atoms with van der Waals surface area (Å²) in [4.78, 5) is 10.6. The van der Waals surface area contributed by atoms with Crippen LogP contribution in [0.1, 0.15) is 11.9 Å². The fourth-order valence-electron chi connectivity index (χ4n) is 0.995. The van der Waals surface area contributed by atoms with Crippen LogP contribution in [0.2, 0.25) is 0 Å². The molecule has 16 heavy (non-hydrogen) atoms. The third-order valence-corrected chi connectivity index (χ3v) is 2.18. The van der Waals surface area contributed by atoms with E-state index in [0.29, 0.717) is 10.4 Å². The molecule has 3 N–H and O–H groups in total. The molecule has 0 fully saturated rings. The van der Waals surface area contributed by atoms with Crippen molar-refractivity contribution in [1.29, 1.82) is 0 Å². The molecule has 2 heterocycles. The summed E-state index contributed by atoms with van der Waals surface area (Å²) >= 11 is 3.11. The number of nitrogens with zero attached hydrogens (tertiary/aromatic N) is 2. The van der Waals surface area contributed by atoms with Gasteiger partial charge in [0.1, 0.15) is 0 Å². The SMILES string of the molecule is NC(C(=O)O)c1nnc(-c2ccc(Br)o2)o1. The first-order chi connectivity index (χ1) is 7.58. The molecule has 0 aliphatic rings. The molecule has 0 aliphatic heterocycles. The van der Waals surface area contributed by atoms with Gasteiger partial charge in [0, 0.05) is 0 Å². The third-order valence-electron chi connectivity index (χ3n) is 1.76. The lowest BCUT2D eigenvalue weighted by atomic mass is 10.3. The van der Waals surface area contributed by atoms with Crippen LogP contribution in [0.5, 0.6) is 0 Å². The van der Waals surface area contributed by atoms with Crippen molar-refractivity contribution in [3.05, 3.63) is 22.7 Å². The van der Waals surface area contributed by atoms with E-state index in [0.717, 1.165) is 0 Å². The zero-order valence-electron chi connectivity index (χ0n) is 7.75. The highest BCUT2D eigenvalue weighted by molar-refractivity contribution is 9.10. The summed E-state index contributed by atoms with van der Waals surface area (Å²) in [6.07, 6.45) is 0. The van der Waals surface area contributed by atoms with Gasteiger partial charge in [-0.1, -0.05) is 0 Å². The van der Waals surface area contributed by atoms with E-state index >= 15 is 0 Å². The van der Waals surface area contributed by atoms with E-state index in [4.69, 9.17) is 19.7 Å². The fraction of sp³-hybridized carbons (Fsp3) is 0.125. The Kier molecular flexibility index (Phi) is 2.75. The molecule has 8 heteroatoms. The molecule has 0 aromatic carbocycles. The monoisotopic (exact) mass is 287 g/mol. The molecule has 2 rings (SSSR count). The van der Waals surface area contributed by atoms with Crippen molar-refractivity contribution in [2.45, 2.75) is 6.04 Å². The predicted octanol–water partition coefficient (Wildman–Crippen LogP) is 1.18. The first-order valence-electron chi connectivity index (χ1n) is 4.15.